The normalized spacial score (nSPS) is 10.6. The van der Waals surface area contributed by atoms with Gasteiger partial charge in [-0.1, -0.05) is 26.0 Å². The van der Waals surface area contributed by atoms with Gasteiger partial charge < -0.3 is 24.7 Å². The number of carbonyl (C=O) groups excluding carboxylic acids is 2. The molecule has 0 aliphatic carbocycles. The Bertz CT molecular complexity index is 1030. The number of ether oxygens (including phenoxy) is 2. The number of aromatic nitrogens is 1. The molecular weight excluding hydrogens is 467 g/mol. The Kier molecular flexibility index (Phi) is 12.6. The zero-order chi connectivity index (χ0) is 27.4. The van der Waals surface area contributed by atoms with Crippen molar-refractivity contribution in [2.24, 2.45) is 7.05 Å². The Morgan fingerprint density at radius 2 is 1.69 bits per heavy atom. The lowest BCUT2D eigenvalue weighted by Crippen LogP contribution is -2.35. The van der Waals surface area contributed by atoms with Gasteiger partial charge in [0, 0.05) is 18.9 Å². The molecule has 1 aromatic carbocycles. The third kappa shape index (κ3) is 12.0. The molecule has 0 saturated carbocycles. The minimum atomic E-state index is -4.58. The van der Waals surface area contributed by atoms with Crippen LogP contribution in [0.4, 0.5) is 29.3 Å². The molecule has 0 atom stereocenters. The van der Waals surface area contributed by atoms with Crippen LogP contribution in [0.1, 0.15) is 45.7 Å². The Labute approximate surface area is 203 Å². The second kappa shape index (κ2) is 14.0. The number of methoxy groups -OCH3 is 1. The minimum Gasteiger partial charge on any atom is -0.468 e. The van der Waals surface area contributed by atoms with Gasteiger partial charge in [0.05, 0.1) is 12.7 Å². The molecule has 0 aliphatic rings. The molecule has 0 unspecified atom stereocenters. The molecule has 35 heavy (non-hydrogen) atoms. The highest BCUT2D eigenvalue weighted by molar-refractivity contribution is 5.77. The highest BCUT2D eigenvalue weighted by atomic mass is 19.4. The summed E-state index contributed by atoms with van der Waals surface area (Å²) in [6, 6.07) is 7.70. The van der Waals surface area contributed by atoms with Gasteiger partial charge in [-0.15, -0.1) is 0 Å². The Hall–Kier alpha value is -3.50. The van der Waals surface area contributed by atoms with Crippen molar-refractivity contribution in [1.82, 2.24) is 9.88 Å². The van der Waals surface area contributed by atoms with Crippen LogP contribution >= 0.6 is 0 Å². The van der Waals surface area contributed by atoms with Gasteiger partial charge in [-0.2, -0.15) is 13.2 Å². The molecule has 1 aromatic heterocycles. The van der Waals surface area contributed by atoms with E-state index in [1.165, 1.54) is 14.2 Å². The van der Waals surface area contributed by atoms with Crippen LogP contribution in [0.15, 0.2) is 41.3 Å². The third-order valence-electron chi connectivity index (χ3n) is 3.86. The first-order valence-electron chi connectivity index (χ1n) is 10.8. The summed E-state index contributed by atoms with van der Waals surface area (Å²) in [5.41, 5.74) is -1.38. The minimum absolute atomic E-state index is 0.175. The molecule has 196 valence electrons. The fraction of sp³-hybridized carbons (Fsp3) is 0.458. The molecule has 0 fully saturated rings. The van der Waals surface area contributed by atoms with Crippen molar-refractivity contribution < 1.29 is 32.2 Å². The van der Waals surface area contributed by atoms with Crippen LogP contribution in [0.25, 0.3) is 0 Å². The lowest BCUT2D eigenvalue weighted by atomic mass is 10.2. The average Bonchev–Trinajstić information content (AvgIpc) is 2.75. The number of rotatable bonds is 4. The monoisotopic (exact) mass is 501 g/mol. The number of pyridine rings is 1. The van der Waals surface area contributed by atoms with Gasteiger partial charge in [-0.05, 0) is 51.5 Å². The third-order valence-corrected chi connectivity index (χ3v) is 3.86. The number of esters is 1. The predicted molar refractivity (Wildman–Crippen MR) is 129 cm³/mol. The van der Waals surface area contributed by atoms with Crippen LogP contribution in [0.5, 0.6) is 0 Å². The zero-order valence-corrected chi connectivity index (χ0v) is 21.3. The van der Waals surface area contributed by atoms with Gasteiger partial charge in [0.15, 0.2) is 0 Å². The predicted octanol–water partition coefficient (Wildman–Crippen LogP) is 5.17. The molecule has 0 saturated heterocycles. The fourth-order valence-electron chi connectivity index (χ4n) is 2.38. The molecule has 1 amide bonds. The van der Waals surface area contributed by atoms with Gasteiger partial charge >= 0.3 is 18.2 Å². The topological polar surface area (TPSA) is 98.7 Å². The van der Waals surface area contributed by atoms with E-state index in [0.29, 0.717) is 5.69 Å². The first kappa shape index (κ1) is 31.5. The quantitative estimate of drug-likeness (QED) is 0.561. The number of nitrogens with zero attached hydrogens (tertiary/aromatic N) is 1. The largest absolute Gasteiger partial charge is 0.468 e. The smallest absolute Gasteiger partial charge is 0.418 e. The molecule has 2 rings (SSSR count). The van der Waals surface area contributed by atoms with Gasteiger partial charge in [-0.25, -0.2) is 4.79 Å². The second-order valence-corrected chi connectivity index (χ2v) is 7.94. The standard InChI is InChI=1S/C14H13F3N2O.C8H15NO4.C2H6/c1-9-4-3-5-10(8-9)18-12-11(14(15,16)17)6-7-19(2)13(12)20;1-8(2,3)13-7(11)9-5-6(10)12-4;1-2/h3-8,18H,1-2H3;5H2,1-4H3,(H,9,11);1-2H3. The van der Waals surface area contributed by atoms with Gasteiger partial charge in [0.25, 0.3) is 5.56 Å². The van der Waals surface area contributed by atoms with Crippen molar-refractivity contribution in [1.29, 1.82) is 0 Å². The summed E-state index contributed by atoms with van der Waals surface area (Å²) in [7, 11) is 2.66. The van der Waals surface area contributed by atoms with Crippen molar-refractivity contribution in [3.63, 3.8) is 0 Å². The number of halogens is 3. The number of amides is 1. The number of aryl methyl sites for hydroxylation is 2. The summed E-state index contributed by atoms with van der Waals surface area (Å²) in [5, 5.41) is 4.83. The van der Waals surface area contributed by atoms with E-state index in [4.69, 9.17) is 4.74 Å². The second-order valence-electron chi connectivity index (χ2n) is 7.94. The van der Waals surface area contributed by atoms with E-state index in [2.05, 4.69) is 15.4 Å². The Morgan fingerprint density at radius 3 is 2.17 bits per heavy atom. The molecule has 2 aromatic rings. The van der Waals surface area contributed by atoms with Gasteiger partial charge in [0.2, 0.25) is 0 Å². The average molecular weight is 502 g/mol. The summed E-state index contributed by atoms with van der Waals surface area (Å²) >= 11 is 0. The summed E-state index contributed by atoms with van der Waals surface area (Å²) in [4.78, 5) is 33.5. The van der Waals surface area contributed by atoms with E-state index < -0.39 is 40.6 Å². The molecule has 8 nitrogen and oxygen atoms in total. The van der Waals surface area contributed by atoms with Crippen molar-refractivity contribution >= 4 is 23.4 Å². The van der Waals surface area contributed by atoms with Crippen LogP contribution in [-0.2, 0) is 27.5 Å². The van der Waals surface area contributed by atoms with Crippen molar-refractivity contribution in [2.45, 2.75) is 53.3 Å². The Morgan fingerprint density at radius 1 is 1.09 bits per heavy atom. The van der Waals surface area contributed by atoms with Crippen molar-refractivity contribution in [3.05, 3.63) is 58.0 Å². The Balaban J connectivity index is 0.000000672. The first-order valence-corrected chi connectivity index (χ1v) is 10.8. The number of carbonyl (C=O) groups is 2. The van der Waals surface area contributed by atoms with Gasteiger partial charge in [-0.3, -0.25) is 9.59 Å². The molecular formula is C24H34F3N3O5. The SMILES string of the molecule is CC.COC(=O)CNC(=O)OC(C)(C)C.Cc1cccc(Nc2c(C(F)(F)F)ccn(C)c2=O)c1. The summed E-state index contributed by atoms with van der Waals surface area (Å²) in [6.45, 7) is 10.9. The number of alkyl halides is 3. The summed E-state index contributed by atoms with van der Waals surface area (Å²) < 4.78 is 49.2. The van der Waals surface area contributed by atoms with Crippen molar-refractivity contribution in [2.75, 3.05) is 19.0 Å². The number of hydrogen-bond donors (Lipinski definition) is 2. The fourth-order valence-corrected chi connectivity index (χ4v) is 2.38. The maximum Gasteiger partial charge on any atom is 0.418 e. The molecule has 11 heteroatoms. The number of nitrogens with one attached hydrogen (secondary N) is 2. The maximum atomic E-state index is 13.0. The summed E-state index contributed by atoms with van der Waals surface area (Å²) in [5.74, 6) is -0.508. The lowest BCUT2D eigenvalue weighted by Gasteiger charge is -2.19. The van der Waals surface area contributed by atoms with Crippen LogP contribution in [0.2, 0.25) is 0 Å². The molecule has 0 aliphatic heterocycles. The van der Waals surface area contributed by atoms with Crippen LogP contribution in [0, 0.1) is 6.92 Å². The highest BCUT2D eigenvalue weighted by Crippen LogP contribution is 2.34. The summed E-state index contributed by atoms with van der Waals surface area (Å²) in [6.07, 6.45) is -4.11. The number of anilines is 2. The van der Waals surface area contributed by atoms with E-state index in [-0.39, 0.29) is 6.54 Å². The maximum absolute atomic E-state index is 13.0. The van der Waals surface area contributed by atoms with E-state index in [1.807, 2.05) is 26.8 Å². The van der Waals surface area contributed by atoms with Crippen LogP contribution < -0.4 is 16.2 Å². The first-order chi connectivity index (χ1) is 16.1. The van der Waals surface area contributed by atoms with Gasteiger partial charge in [0.1, 0.15) is 17.8 Å². The highest BCUT2D eigenvalue weighted by Gasteiger charge is 2.35. The van der Waals surface area contributed by atoms with E-state index in [1.54, 1.807) is 39.0 Å². The molecule has 2 N–H and O–H groups in total. The molecule has 1 heterocycles. The van der Waals surface area contributed by atoms with E-state index >= 15 is 0 Å². The van der Waals surface area contributed by atoms with Crippen LogP contribution in [-0.4, -0.2) is 35.9 Å². The molecule has 0 radical (unpaired) electrons. The van der Waals surface area contributed by atoms with E-state index in [9.17, 15) is 27.6 Å². The number of benzene rings is 1. The number of hydrogen-bond acceptors (Lipinski definition) is 6. The van der Waals surface area contributed by atoms with E-state index in [0.717, 1.165) is 22.4 Å². The van der Waals surface area contributed by atoms with Crippen LogP contribution in [0.3, 0.4) is 0 Å². The lowest BCUT2D eigenvalue weighted by molar-refractivity contribution is -0.139. The van der Waals surface area contributed by atoms with Crippen molar-refractivity contribution in [3.8, 4) is 0 Å². The molecule has 0 spiro atoms. The molecule has 0 bridgehead atoms. The zero-order valence-electron chi connectivity index (χ0n) is 21.3. The number of alkyl carbamates (subject to hydrolysis) is 1.